The van der Waals surface area contributed by atoms with Gasteiger partial charge in [0.25, 0.3) is 0 Å². The summed E-state index contributed by atoms with van der Waals surface area (Å²) in [6.45, 7) is 2.09. The standard InChI is InChI=1S/C12H16O/c1-9-5-4-7-10-6-2-3-8-11(13)12(9)10/h4-5,7,11,13H,2-3,6,8H2,1H3. The van der Waals surface area contributed by atoms with E-state index in [1.165, 1.54) is 23.1 Å². The van der Waals surface area contributed by atoms with Crippen LogP contribution in [0.2, 0.25) is 0 Å². The number of fused-ring (bicyclic) bond motifs is 1. The van der Waals surface area contributed by atoms with Crippen molar-refractivity contribution in [3.8, 4) is 0 Å². The first-order valence-electron chi connectivity index (χ1n) is 5.05. The van der Waals surface area contributed by atoms with Crippen molar-refractivity contribution in [2.75, 3.05) is 0 Å². The summed E-state index contributed by atoms with van der Waals surface area (Å²) in [5, 5.41) is 9.92. The van der Waals surface area contributed by atoms with Crippen molar-refractivity contribution in [2.45, 2.75) is 38.7 Å². The van der Waals surface area contributed by atoms with Gasteiger partial charge in [-0.25, -0.2) is 0 Å². The summed E-state index contributed by atoms with van der Waals surface area (Å²) in [6, 6.07) is 6.33. The van der Waals surface area contributed by atoms with E-state index in [-0.39, 0.29) is 6.10 Å². The van der Waals surface area contributed by atoms with Crippen LogP contribution in [-0.4, -0.2) is 5.11 Å². The molecule has 2 rings (SSSR count). The molecule has 0 spiro atoms. The molecule has 1 aliphatic carbocycles. The van der Waals surface area contributed by atoms with Crippen LogP contribution >= 0.6 is 0 Å². The first kappa shape index (κ1) is 8.76. The van der Waals surface area contributed by atoms with E-state index < -0.39 is 0 Å². The van der Waals surface area contributed by atoms with Crippen LogP contribution < -0.4 is 0 Å². The molecule has 0 heterocycles. The van der Waals surface area contributed by atoms with Gasteiger partial charge in [-0.15, -0.1) is 0 Å². The summed E-state index contributed by atoms with van der Waals surface area (Å²) < 4.78 is 0. The smallest absolute Gasteiger partial charge is 0.0795 e. The Bertz CT molecular complexity index is 304. The van der Waals surface area contributed by atoms with Crippen LogP contribution in [0.15, 0.2) is 18.2 Å². The van der Waals surface area contributed by atoms with E-state index in [9.17, 15) is 5.11 Å². The molecule has 1 heteroatoms. The maximum Gasteiger partial charge on any atom is 0.0795 e. The molecule has 0 radical (unpaired) electrons. The highest BCUT2D eigenvalue weighted by atomic mass is 16.3. The highest BCUT2D eigenvalue weighted by Gasteiger charge is 2.17. The topological polar surface area (TPSA) is 20.2 Å². The maximum absolute atomic E-state index is 9.92. The Balaban J connectivity index is 2.48. The lowest BCUT2D eigenvalue weighted by Crippen LogP contribution is -2.01. The number of rotatable bonds is 0. The van der Waals surface area contributed by atoms with Crippen molar-refractivity contribution in [1.29, 1.82) is 0 Å². The summed E-state index contributed by atoms with van der Waals surface area (Å²) >= 11 is 0. The Hall–Kier alpha value is -0.820. The molecule has 0 fully saturated rings. The zero-order chi connectivity index (χ0) is 9.26. The van der Waals surface area contributed by atoms with Gasteiger partial charge in [-0.2, -0.15) is 0 Å². The quantitative estimate of drug-likeness (QED) is 0.603. The lowest BCUT2D eigenvalue weighted by Gasteiger charge is -2.14. The molecule has 0 saturated heterocycles. The molecule has 1 N–H and O–H groups in total. The zero-order valence-corrected chi connectivity index (χ0v) is 8.09. The molecule has 1 aromatic rings. The fourth-order valence-electron chi connectivity index (χ4n) is 2.23. The van der Waals surface area contributed by atoms with Gasteiger partial charge in [-0.1, -0.05) is 24.6 Å². The minimum absolute atomic E-state index is 0.223. The Kier molecular flexibility index (Phi) is 2.36. The van der Waals surface area contributed by atoms with Crippen LogP contribution in [0, 0.1) is 6.92 Å². The molecule has 0 aromatic heterocycles. The zero-order valence-electron chi connectivity index (χ0n) is 8.09. The van der Waals surface area contributed by atoms with Crippen molar-refractivity contribution in [3.05, 3.63) is 34.9 Å². The molecule has 1 nitrogen and oxygen atoms in total. The average Bonchev–Trinajstić information content (AvgIpc) is 2.29. The van der Waals surface area contributed by atoms with Crippen molar-refractivity contribution in [1.82, 2.24) is 0 Å². The number of hydrogen-bond donors (Lipinski definition) is 1. The van der Waals surface area contributed by atoms with Gasteiger partial charge in [0.05, 0.1) is 6.10 Å². The largest absolute Gasteiger partial charge is 0.388 e. The highest BCUT2D eigenvalue weighted by molar-refractivity contribution is 5.36. The minimum Gasteiger partial charge on any atom is -0.388 e. The van der Waals surface area contributed by atoms with E-state index in [1.807, 2.05) is 0 Å². The Morgan fingerprint density at radius 1 is 1.31 bits per heavy atom. The van der Waals surface area contributed by atoms with Gasteiger partial charge in [0, 0.05) is 0 Å². The number of aliphatic hydroxyl groups is 1. The van der Waals surface area contributed by atoms with Crippen molar-refractivity contribution in [2.24, 2.45) is 0 Å². The Morgan fingerprint density at radius 3 is 3.00 bits per heavy atom. The van der Waals surface area contributed by atoms with Crippen LogP contribution in [0.5, 0.6) is 0 Å². The van der Waals surface area contributed by atoms with E-state index in [0.29, 0.717) is 0 Å². The van der Waals surface area contributed by atoms with Gasteiger partial charge in [0.15, 0.2) is 0 Å². The van der Waals surface area contributed by atoms with Crippen LogP contribution in [0.25, 0.3) is 0 Å². The number of hydrogen-bond acceptors (Lipinski definition) is 1. The summed E-state index contributed by atoms with van der Waals surface area (Å²) in [5.41, 5.74) is 3.79. The monoisotopic (exact) mass is 176 g/mol. The third-order valence-electron chi connectivity index (χ3n) is 2.92. The summed E-state index contributed by atoms with van der Waals surface area (Å²) in [4.78, 5) is 0. The third kappa shape index (κ3) is 1.61. The summed E-state index contributed by atoms with van der Waals surface area (Å²) in [7, 11) is 0. The van der Waals surface area contributed by atoms with Crippen molar-refractivity contribution >= 4 is 0 Å². The van der Waals surface area contributed by atoms with E-state index in [4.69, 9.17) is 0 Å². The molecule has 0 bridgehead atoms. The second-order valence-corrected chi connectivity index (χ2v) is 3.91. The van der Waals surface area contributed by atoms with E-state index in [2.05, 4.69) is 25.1 Å². The predicted octanol–water partition coefficient (Wildman–Crippen LogP) is 2.75. The van der Waals surface area contributed by atoms with Gasteiger partial charge in [-0.05, 0) is 42.9 Å². The molecular weight excluding hydrogens is 160 g/mol. The van der Waals surface area contributed by atoms with Gasteiger partial charge < -0.3 is 5.11 Å². The minimum atomic E-state index is -0.223. The van der Waals surface area contributed by atoms with E-state index >= 15 is 0 Å². The van der Waals surface area contributed by atoms with E-state index in [0.717, 1.165) is 19.3 Å². The van der Waals surface area contributed by atoms with Crippen LogP contribution in [0.1, 0.15) is 42.1 Å². The number of aryl methyl sites for hydroxylation is 2. The molecule has 1 unspecified atom stereocenters. The van der Waals surface area contributed by atoms with Crippen LogP contribution in [0.3, 0.4) is 0 Å². The van der Waals surface area contributed by atoms with Gasteiger partial charge in [-0.3, -0.25) is 0 Å². The first-order valence-corrected chi connectivity index (χ1v) is 5.05. The van der Waals surface area contributed by atoms with Crippen LogP contribution in [0.4, 0.5) is 0 Å². The molecular formula is C12H16O. The molecule has 1 aliphatic rings. The van der Waals surface area contributed by atoms with Gasteiger partial charge in [0.1, 0.15) is 0 Å². The molecule has 13 heavy (non-hydrogen) atoms. The number of benzene rings is 1. The Morgan fingerprint density at radius 2 is 2.15 bits per heavy atom. The second-order valence-electron chi connectivity index (χ2n) is 3.91. The molecule has 0 aliphatic heterocycles. The summed E-state index contributed by atoms with van der Waals surface area (Å²) in [6.07, 6.45) is 4.20. The van der Waals surface area contributed by atoms with Crippen LogP contribution in [-0.2, 0) is 6.42 Å². The molecule has 0 saturated carbocycles. The second kappa shape index (κ2) is 3.51. The third-order valence-corrected chi connectivity index (χ3v) is 2.92. The first-order chi connectivity index (χ1) is 6.29. The number of aliphatic hydroxyl groups excluding tert-OH is 1. The molecule has 1 aromatic carbocycles. The normalized spacial score (nSPS) is 22.2. The SMILES string of the molecule is Cc1cccc2c1C(O)CCCC2. The average molecular weight is 176 g/mol. The van der Waals surface area contributed by atoms with E-state index in [1.54, 1.807) is 0 Å². The predicted molar refractivity (Wildman–Crippen MR) is 53.7 cm³/mol. The maximum atomic E-state index is 9.92. The Labute approximate surface area is 79.4 Å². The fraction of sp³-hybridized carbons (Fsp3) is 0.500. The lowest BCUT2D eigenvalue weighted by atomic mass is 9.96. The van der Waals surface area contributed by atoms with Crippen molar-refractivity contribution < 1.29 is 5.11 Å². The lowest BCUT2D eigenvalue weighted by molar-refractivity contribution is 0.166. The van der Waals surface area contributed by atoms with Crippen molar-refractivity contribution in [3.63, 3.8) is 0 Å². The van der Waals surface area contributed by atoms with Gasteiger partial charge in [0.2, 0.25) is 0 Å². The fourth-order valence-corrected chi connectivity index (χ4v) is 2.23. The highest BCUT2D eigenvalue weighted by Crippen LogP contribution is 2.30. The molecule has 1 atom stereocenters. The molecule has 0 amide bonds. The van der Waals surface area contributed by atoms with Gasteiger partial charge >= 0.3 is 0 Å². The molecule has 70 valence electrons. The summed E-state index contributed by atoms with van der Waals surface area (Å²) in [5.74, 6) is 0.